The molecule has 0 bridgehead atoms. The molecule has 0 unspecified atom stereocenters. The van der Waals surface area contributed by atoms with E-state index in [1.54, 1.807) is 44.0 Å². The van der Waals surface area contributed by atoms with E-state index in [4.69, 9.17) is 9.47 Å². The van der Waals surface area contributed by atoms with Gasteiger partial charge in [-0.05, 0) is 74.2 Å². The maximum Gasteiger partial charge on any atom is 0.263 e. The van der Waals surface area contributed by atoms with E-state index < -0.39 is 5.91 Å². The van der Waals surface area contributed by atoms with E-state index in [2.05, 4.69) is 10.3 Å². The number of aromatic nitrogens is 2. The van der Waals surface area contributed by atoms with E-state index in [1.807, 2.05) is 38.1 Å². The number of benzene rings is 1. The van der Waals surface area contributed by atoms with Crippen LogP contribution in [0.15, 0.2) is 47.4 Å². The topological polar surface area (TPSA) is 82.5 Å². The standard InChI is InChI=1S/C24H27N3O4/c1-15-12-17(3)25-21(13-15)26-23(28)22-16(2)8-10-27(24(22)29)11-9-18-6-7-19(30-4)20(14-18)31-5/h6-8,10,12-14H,9,11H2,1-5H3,(H,25,26,28). The number of carbonyl (C=O) groups excluding carboxylic acids is 1. The zero-order valence-corrected chi connectivity index (χ0v) is 18.5. The maximum atomic E-state index is 13.0. The number of hydrogen-bond donors (Lipinski definition) is 1. The van der Waals surface area contributed by atoms with Crippen molar-refractivity contribution in [2.75, 3.05) is 19.5 Å². The van der Waals surface area contributed by atoms with Crippen molar-refractivity contribution in [3.8, 4) is 11.5 Å². The fraction of sp³-hybridized carbons (Fsp3) is 0.292. The Bertz CT molecular complexity index is 1150. The van der Waals surface area contributed by atoms with E-state index in [9.17, 15) is 9.59 Å². The van der Waals surface area contributed by atoms with Gasteiger partial charge in [-0.2, -0.15) is 0 Å². The summed E-state index contributed by atoms with van der Waals surface area (Å²) in [6.45, 7) is 5.97. The van der Waals surface area contributed by atoms with Crippen molar-refractivity contribution in [1.82, 2.24) is 9.55 Å². The predicted octanol–water partition coefficient (Wildman–Crippen LogP) is 3.68. The molecule has 0 aliphatic carbocycles. The second-order valence-electron chi connectivity index (χ2n) is 7.44. The highest BCUT2D eigenvalue weighted by Crippen LogP contribution is 2.27. The van der Waals surface area contributed by atoms with Crippen LogP contribution in [0.4, 0.5) is 5.82 Å². The fourth-order valence-electron chi connectivity index (χ4n) is 3.49. The van der Waals surface area contributed by atoms with Gasteiger partial charge in [-0.1, -0.05) is 6.07 Å². The second-order valence-corrected chi connectivity index (χ2v) is 7.44. The van der Waals surface area contributed by atoms with Gasteiger partial charge in [0.2, 0.25) is 0 Å². The molecule has 1 N–H and O–H groups in total. The first-order valence-corrected chi connectivity index (χ1v) is 10.00. The van der Waals surface area contributed by atoms with Crippen molar-refractivity contribution in [2.24, 2.45) is 0 Å². The molecular weight excluding hydrogens is 394 g/mol. The zero-order chi connectivity index (χ0) is 22.5. The first-order chi connectivity index (χ1) is 14.8. The lowest BCUT2D eigenvalue weighted by atomic mass is 10.1. The van der Waals surface area contributed by atoms with Gasteiger partial charge in [0.05, 0.1) is 14.2 Å². The molecule has 7 nitrogen and oxygen atoms in total. The first kappa shape index (κ1) is 22.1. The van der Waals surface area contributed by atoms with Crippen LogP contribution in [0, 0.1) is 20.8 Å². The molecule has 0 fully saturated rings. The Kier molecular flexibility index (Phi) is 6.74. The number of rotatable bonds is 7. The SMILES string of the molecule is COc1ccc(CCn2ccc(C)c(C(=O)Nc3cc(C)cc(C)n3)c2=O)cc1OC. The fourth-order valence-corrected chi connectivity index (χ4v) is 3.49. The van der Waals surface area contributed by atoms with Crippen LogP contribution in [-0.4, -0.2) is 29.7 Å². The molecule has 162 valence electrons. The Morgan fingerprint density at radius 3 is 2.45 bits per heavy atom. The van der Waals surface area contributed by atoms with Crippen molar-refractivity contribution in [3.05, 3.63) is 80.9 Å². The molecule has 2 heterocycles. The summed E-state index contributed by atoms with van der Waals surface area (Å²) in [5, 5.41) is 2.76. The average molecular weight is 421 g/mol. The molecule has 0 atom stereocenters. The number of amides is 1. The summed E-state index contributed by atoms with van der Waals surface area (Å²) in [5.74, 6) is 1.26. The third kappa shape index (κ3) is 5.12. The quantitative estimate of drug-likeness (QED) is 0.629. The maximum absolute atomic E-state index is 13.0. The molecule has 0 saturated heterocycles. The molecule has 7 heteroatoms. The molecule has 3 rings (SSSR count). The molecule has 31 heavy (non-hydrogen) atoms. The number of ether oxygens (including phenoxy) is 2. The van der Waals surface area contributed by atoms with E-state index in [1.165, 1.54) is 0 Å². The van der Waals surface area contributed by atoms with Gasteiger partial charge in [-0.15, -0.1) is 0 Å². The summed E-state index contributed by atoms with van der Waals surface area (Å²) in [6, 6.07) is 11.1. The van der Waals surface area contributed by atoms with Crippen molar-refractivity contribution in [3.63, 3.8) is 0 Å². The summed E-state index contributed by atoms with van der Waals surface area (Å²) in [6.07, 6.45) is 2.31. The normalized spacial score (nSPS) is 10.6. The van der Waals surface area contributed by atoms with Gasteiger partial charge in [0, 0.05) is 18.4 Å². The number of methoxy groups -OCH3 is 2. The van der Waals surface area contributed by atoms with Crippen molar-refractivity contribution in [1.29, 1.82) is 0 Å². The largest absolute Gasteiger partial charge is 0.493 e. The minimum absolute atomic E-state index is 0.121. The molecule has 0 saturated carbocycles. The van der Waals surface area contributed by atoms with Crippen molar-refractivity contribution in [2.45, 2.75) is 33.7 Å². The molecule has 0 aliphatic heterocycles. The lowest BCUT2D eigenvalue weighted by Gasteiger charge is -2.13. The number of hydrogen-bond acceptors (Lipinski definition) is 5. The van der Waals surface area contributed by atoms with Crippen LogP contribution in [0.3, 0.4) is 0 Å². The van der Waals surface area contributed by atoms with Gasteiger partial charge in [-0.3, -0.25) is 9.59 Å². The van der Waals surface area contributed by atoms with Gasteiger partial charge in [-0.25, -0.2) is 4.98 Å². The third-order valence-electron chi connectivity index (χ3n) is 5.03. The van der Waals surface area contributed by atoms with Gasteiger partial charge >= 0.3 is 0 Å². The van der Waals surface area contributed by atoms with E-state index in [0.717, 1.165) is 16.8 Å². The van der Waals surface area contributed by atoms with Gasteiger partial charge in [0.15, 0.2) is 11.5 Å². The molecule has 2 aromatic heterocycles. The monoisotopic (exact) mass is 421 g/mol. The number of nitrogens with one attached hydrogen (secondary N) is 1. The van der Waals surface area contributed by atoms with Crippen LogP contribution >= 0.6 is 0 Å². The minimum Gasteiger partial charge on any atom is -0.493 e. The summed E-state index contributed by atoms with van der Waals surface area (Å²) in [7, 11) is 3.17. The number of carbonyl (C=O) groups is 1. The zero-order valence-electron chi connectivity index (χ0n) is 18.5. The highest BCUT2D eigenvalue weighted by atomic mass is 16.5. The Morgan fingerprint density at radius 1 is 1.03 bits per heavy atom. The third-order valence-corrected chi connectivity index (χ3v) is 5.03. The molecule has 1 aromatic carbocycles. The van der Waals surface area contributed by atoms with Crippen LogP contribution in [0.5, 0.6) is 11.5 Å². The molecule has 0 radical (unpaired) electrons. The smallest absolute Gasteiger partial charge is 0.263 e. The molecule has 0 spiro atoms. The summed E-state index contributed by atoms with van der Waals surface area (Å²) >= 11 is 0. The molecule has 3 aromatic rings. The summed E-state index contributed by atoms with van der Waals surface area (Å²) in [4.78, 5) is 30.2. The molecular formula is C24H27N3O4. The van der Waals surface area contributed by atoms with Crippen LogP contribution in [-0.2, 0) is 13.0 Å². The van der Waals surface area contributed by atoms with Gasteiger partial charge in [0.1, 0.15) is 11.4 Å². The van der Waals surface area contributed by atoms with Gasteiger partial charge < -0.3 is 19.4 Å². The van der Waals surface area contributed by atoms with Crippen LogP contribution in [0.25, 0.3) is 0 Å². The highest BCUT2D eigenvalue weighted by molar-refractivity contribution is 6.04. The number of nitrogens with zero attached hydrogens (tertiary/aromatic N) is 2. The lowest BCUT2D eigenvalue weighted by Crippen LogP contribution is -2.30. The van der Waals surface area contributed by atoms with Crippen LogP contribution in [0.2, 0.25) is 0 Å². The van der Waals surface area contributed by atoms with Gasteiger partial charge in [0.25, 0.3) is 11.5 Å². The molecule has 0 aliphatic rings. The van der Waals surface area contributed by atoms with E-state index >= 15 is 0 Å². The van der Waals surface area contributed by atoms with E-state index in [0.29, 0.717) is 35.8 Å². The summed E-state index contributed by atoms with van der Waals surface area (Å²) in [5.41, 5.74) is 3.19. The second kappa shape index (κ2) is 9.47. The Balaban J connectivity index is 1.82. The Labute approximate surface area is 181 Å². The summed E-state index contributed by atoms with van der Waals surface area (Å²) < 4.78 is 12.2. The Morgan fingerprint density at radius 2 is 1.77 bits per heavy atom. The lowest BCUT2D eigenvalue weighted by molar-refractivity contribution is 0.102. The van der Waals surface area contributed by atoms with Crippen molar-refractivity contribution < 1.29 is 14.3 Å². The van der Waals surface area contributed by atoms with E-state index in [-0.39, 0.29) is 11.1 Å². The average Bonchev–Trinajstić information content (AvgIpc) is 2.72. The van der Waals surface area contributed by atoms with Crippen molar-refractivity contribution >= 4 is 11.7 Å². The number of pyridine rings is 2. The Hall–Kier alpha value is -3.61. The highest BCUT2D eigenvalue weighted by Gasteiger charge is 2.17. The minimum atomic E-state index is -0.458. The first-order valence-electron chi connectivity index (χ1n) is 10.00. The number of anilines is 1. The van der Waals surface area contributed by atoms with Crippen LogP contribution in [0.1, 0.15) is 32.7 Å². The predicted molar refractivity (Wildman–Crippen MR) is 120 cm³/mol. The number of aryl methyl sites for hydroxylation is 5. The van der Waals surface area contributed by atoms with Crippen LogP contribution < -0.4 is 20.3 Å². The molecule has 1 amide bonds.